The van der Waals surface area contributed by atoms with E-state index in [1.165, 1.54) is 30.4 Å². The van der Waals surface area contributed by atoms with Crippen LogP contribution in [0.4, 0.5) is 5.13 Å². The van der Waals surface area contributed by atoms with E-state index in [2.05, 4.69) is 36.3 Å². The van der Waals surface area contributed by atoms with Crippen molar-refractivity contribution in [1.82, 2.24) is 4.98 Å². The molecule has 4 heteroatoms. The highest BCUT2D eigenvalue weighted by atomic mass is 32.1. The van der Waals surface area contributed by atoms with Gasteiger partial charge in [-0.25, -0.2) is 4.98 Å². The van der Waals surface area contributed by atoms with Crippen LogP contribution in [0.5, 0.6) is 0 Å². The van der Waals surface area contributed by atoms with Gasteiger partial charge in [0.05, 0.1) is 10.2 Å². The number of benzene rings is 1. The van der Waals surface area contributed by atoms with Crippen LogP contribution in [0.3, 0.4) is 0 Å². The van der Waals surface area contributed by atoms with Crippen molar-refractivity contribution >= 4 is 32.6 Å². The number of nitrogens with one attached hydrogen (secondary N) is 1. The summed E-state index contributed by atoms with van der Waals surface area (Å²) < 4.78 is 1.15. The van der Waals surface area contributed by atoms with Gasteiger partial charge < -0.3 is 5.32 Å². The average molecular weight is 288 g/mol. The molecule has 1 aliphatic carbocycles. The third-order valence-corrected chi connectivity index (χ3v) is 4.95. The molecule has 0 aliphatic heterocycles. The van der Waals surface area contributed by atoms with Crippen LogP contribution in [0.2, 0.25) is 0 Å². The van der Waals surface area contributed by atoms with E-state index in [4.69, 9.17) is 0 Å². The molecular formula is C16H20N2OS. The van der Waals surface area contributed by atoms with Crippen molar-refractivity contribution in [2.75, 3.05) is 5.32 Å². The third kappa shape index (κ3) is 2.70. The summed E-state index contributed by atoms with van der Waals surface area (Å²) in [6.07, 6.45) is 5.67. The van der Waals surface area contributed by atoms with Crippen LogP contribution in [0.25, 0.3) is 10.2 Å². The molecule has 1 saturated carbocycles. The van der Waals surface area contributed by atoms with Gasteiger partial charge in [-0.05, 0) is 43.9 Å². The summed E-state index contributed by atoms with van der Waals surface area (Å²) in [5.41, 5.74) is 3.43. The van der Waals surface area contributed by atoms with Gasteiger partial charge in [-0.2, -0.15) is 0 Å². The summed E-state index contributed by atoms with van der Waals surface area (Å²) in [5.74, 6) is 0.330. The number of nitrogens with zero attached hydrogens (tertiary/aromatic N) is 1. The molecule has 20 heavy (non-hydrogen) atoms. The first-order valence-corrected chi connectivity index (χ1v) is 8.14. The van der Waals surface area contributed by atoms with Gasteiger partial charge in [0.1, 0.15) is 0 Å². The SMILES string of the molecule is Cc1cc(C)c2nc(NC(=O)C3CCCCC3)sc2c1. The van der Waals surface area contributed by atoms with Gasteiger partial charge in [0.15, 0.2) is 5.13 Å². The smallest absolute Gasteiger partial charge is 0.229 e. The number of aromatic nitrogens is 1. The normalized spacial score (nSPS) is 16.5. The zero-order valence-corrected chi connectivity index (χ0v) is 12.8. The summed E-state index contributed by atoms with van der Waals surface area (Å²) in [7, 11) is 0. The molecule has 0 radical (unpaired) electrons. The number of thiazole rings is 1. The van der Waals surface area contributed by atoms with E-state index in [-0.39, 0.29) is 11.8 Å². The summed E-state index contributed by atoms with van der Waals surface area (Å²) in [6.45, 7) is 4.16. The van der Waals surface area contributed by atoms with E-state index in [1.54, 1.807) is 11.3 Å². The summed E-state index contributed by atoms with van der Waals surface area (Å²) in [6, 6.07) is 4.27. The van der Waals surface area contributed by atoms with E-state index in [0.717, 1.165) is 28.2 Å². The number of fused-ring (bicyclic) bond motifs is 1. The van der Waals surface area contributed by atoms with Gasteiger partial charge in [-0.3, -0.25) is 4.79 Å². The van der Waals surface area contributed by atoms with Crippen LogP contribution in [0, 0.1) is 19.8 Å². The van der Waals surface area contributed by atoms with Gasteiger partial charge in [0.2, 0.25) is 5.91 Å². The quantitative estimate of drug-likeness (QED) is 0.888. The second-order valence-electron chi connectivity index (χ2n) is 5.77. The molecule has 3 nitrogen and oxygen atoms in total. The number of hydrogen-bond donors (Lipinski definition) is 1. The van der Waals surface area contributed by atoms with Gasteiger partial charge in [-0.1, -0.05) is 36.7 Å². The molecule has 1 heterocycles. The first kappa shape index (κ1) is 13.6. The van der Waals surface area contributed by atoms with Gasteiger partial charge in [-0.15, -0.1) is 0 Å². The maximum atomic E-state index is 12.3. The van der Waals surface area contributed by atoms with Crippen LogP contribution in [-0.2, 0) is 4.79 Å². The standard InChI is InChI=1S/C16H20N2OS/c1-10-8-11(2)14-13(9-10)20-16(17-14)18-15(19)12-6-4-3-5-7-12/h8-9,12H,3-7H2,1-2H3,(H,17,18,19). The molecule has 0 saturated heterocycles. The first-order chi connectivity index (χ1) is 9.63. The van der Waals surface area contributed by atoms with E-state index >= 15 is 0 Å². The molecule has 1 aromatic carbocycles. The van der Waals surface area contributed by atoms with Crippen molar-refractivity contribution in [3.63, 3.8) is 0 Å². The lowest BCUT2D eigenvalue weighted by Gasteiger charge is -2.19. The Labute approximate surface area is 123 Å². The molecule has 1 amide bonds. The first-order valence-electron chi connectivity index (χ1n) is 7.32. The molecule has 0 bridgehead atoms. The Morgan fingerprint density at radius 2 is 2.00 bits per heavy atom. The minimum Gasteiger partial charge on any atom is -0.302 e. The predicted octanol–water partition coefficient (Wildman–Crippen LogP) is 4.43. The molecule has 3 rings (SSSR count). The van der Waals surface area contributed by atoms with Gasteiger partial charge in [0, 0.05) is 5.92 Å². The van der Waals surface area contributed by atoms with Crippen LogP contribution >= 0.6 is 11.3 Å². The minimum absolute atomic E-state index is 0.151. The second-order valence-corrected chi connectivity index (χ2v) is 6.80. The molecule has 0 atom stereocenters. The van der Waals surface area contributed by atoms with E-state index in [1.807, 2.05) is 0 Å². The number of aryl methyl sites for hydroxylation is 2. The molecule has 0 spiro atoms. The Kier molecular flexibility index (Phi) is 3.74. The lowest BCUT2D eigenvalue weighted by atomic mass is 9.89. The highest BCUT2D eigenvalue weighted by Crippen LogP contribution is 2.31. The Balaban J connectivity index is 1.80. The maximum absolute atomic E-state index is 12.3. The fourth-order valence-corrected chi connectivity index (χ4v) is 4.04. The molecule has 1 aromatic heterocycles. The van der Waals surface area contributed by atoms with Crippen LogP contribution in [0.1, 0.15) is 43.2 Å². The van der Waals surface area contributed by atoms with E-state index < -0.39 is 0 Å². The summed E-state index contributed by atoms with van der Waals surface area (Å²) >= 11 is 1.57. The van der Waals surface area contributed by atoms with Crippen molar-refractivity contribution in [3.8, 4) is 0 Å². The van der Waals surface area contributed by atoms with Crippen molar-refractivity contribution in [2.45, 2.75) is 46.0 Å². The highest BCUT2D eigenvalue weighted by molar-refractivity contribution is 7.22. The molecule has 1 fully saturated rings. The maximum Gasteiger partial charge on any atom is 0.229 e. The zero-order valence-electron chi connectivity index (χ0n) is 12.0. The molecule has 106 valence electrons. The molecule has 0 unspecified atom stereocenters. The Morgan fingerprint density at radius 1 is 1.25 bits per heavy atom. The van der Waals surface area contributed by atoms with E-state index in [0.29, 0.717) is 0 Å². The molecule has 1 N–H and O–H groups in total. The number of carbonyl (C=O) groups excluding carboxylic acids is 1. The Bertz CT molecular complexity index is 641. The fourth-order valence-electron chi connectivity index (χ4n) is 3.00. The van der Waals surface area contributed by atoms with Crippen molar-refractivity contribution in [2.24, 2.45) is 5.92 Å². The average Bonchev–Trinajstić information content (AvgIpc) is 2.82. The Hall–Kier alpha value is -1.42. The number of anilines is 1. The Morgan fingerprint density at radius 3 is 2.75 bits per heavy atom. The van der Waals surface area contributed by atoms with Crippen molar-refractivity contribution < 1.29 is 4.79 Å². The number of carbonyl (C=O) groups is 1. The fraction of sp³-hybridized carbons (Fsp3) is 0.500. The highest BCUT2D eigenvalue weighted by Gasteiger charge is 2.22. The molecule has 2 aromatic rings. The number of rotatable bonds is 2. The predicted molar refractivity (Wildman–Crippen MR) is 84.3 cm³/mol. The van der Waals surface area contributed by atoms with Crippen molar-refractivity contribution in [1.29, 1.82) is 0 Å². The topological polar surface area (TPSA) is 42.0 Å². The van der Waals surface area contributed by atoms with Crippen LogP contribution in [0.15, 0.2) is 12.1 Å². The number of amides is 1. The molecular weight excluding hydrogens is 268 g/mol. The van der Waals surface area contributed by atoms with Crippen molar-refractivity contribution in [3.05, 3.63) is 23.3 Å². The largest absolute Gasteiger partial charge is 0.302 e. The lowest BCUT2D eigenvalue weighted by Crippen LogP contribution is -2.24. The second kappa shape index (κ2) is 5.52. The summed E-state index contributed by atoms with van der Waals surface area (Å²) in [5, 5.41) is 3.76. The van der Waals surface area contributed by atoms with E-state index in [9.17, 15) is 4.79 Å². The van der Waals surface area contributed by atoms with Crippen LogP contribution in [-0.4, -0.2) is 10.9 Å². The lowest BCUT2D eigenvalue weighted by molar-refractivity contribution is -0.120. The minimum atomic E-state index is 0.151. The van der Waals surface area contributed by atoms with Gasteiger partial charge in [0.25, 0.3) is 0 Å². The zero-order chi connectivity index (χ0) is 14.1. The third-order valence-electron chi connectivity index (χ3n) is 4.04. The monoisotopic (exact) mass is 288 g/mol. The van der Waals surface area contributed by atoms with Crippen LogP contribution < -0.4 is 5.32 Å². The summed E-state index contributed by atoms with van der Waals surface area (Å²) in [4.78, 5) is 16.8. The molecule has 1 aliphatic rings. The van der Waals surface area contributed by atoms with Gasteiger partial charge >= 0.3 is 0 Å². The number of hydrogen-bond acceptors (Lipinski definition) is 3.